The van der Waals surface area contributed by atoms with Crippen molar-refractivity contribution in [1.29, 1.82) is 0 Å². The third-order valence-electron chi connectivity index (χ3n) is 9.09. The fourth-order valence-electron chi connectivity index (χ4n) is 6.24. The van der Waals surface area contributed by atoms with E-state index in [2.05, 4.69) is 79.6 Å². The van der Waals surface area contributed by atoms with E-state index in [1.165, 1.54) is 0 Å². The normalized spacial score (nSPS) is 19.2. The molecule has 0 radical (unpaired) electrons. The Bertz CT molecular complexity index is 1530. The highest BCUT2D eigenvalue weighted by Gasteiger charge is 2.29. The van der Waals surface area contributed by atoms with Crippen molar-refractivity contribution >= 4 is 30.9 Å². The second kappa shape index (κ2) is 15.8. The predicted molar refractivity (Wildman–Crippen MR) is 198 cm³/mol. The van der Waals surface area contributed by atoms with E-state index in [-0.39, 0.29) is 12.2 Å². The average molecular weight is 695 g/mol. The Morgan fingerprint density at radius 3 is 2.45 bits per heavy atom. The molecule has 270 valence electrons. The first-order valence-corrected chi connectivity index (χ1v) is 21.6. The molecule has 3 aromatic rings. The van der Waals surface area contributed by atoms with Gasteiger partial charge in [-0.05, 0) is 59.7 Å². The van der Waals surface area contributed by atoms with Crippen molar-refractivity contribution in [3.8, 4) is 11.4 Å². The van der Waals surface area contributed by atoms with Crippen molar-refractivity contribution in [2.75, 3.05) is 70.4 Å². The molecule has 4 heterocycles. The molecule has 5 rings (SSSR count). The van der Waals surface area contributed by atoms with E-state index in [4.69, 9.17) is 14.2 Å². The number of nitrogens with zero attached hydrogens (tertiary/aromatic N) is 7. The molecule has 2 atom stereocenters. The van der Waals surface area contributed by atoms with Crippen molar-refractivity contribution in [3.63, 3.8) is 0 Å². The summed E-state index contributed by atoms with van der Waals surface area (Å²) in [6.45, 7) is 27.7. The first-order chi connectivity index (χ1) is 23.1. The number of fused-ring (bicyclic) bond motifs is 1. The van der Waals surface area contributed by atoms with Crippen LogP contribution in [-0.4, -0.2) is 132 Å². The number of carbonyl (C=O) groups is 1. The molecule has 1 aromatic carbocycles. The zero-order valence-corrected chi connectivity index (χ0v) is 32.2. The van der Waals surface area contributed by atoms with Crippen LogP contribution in [0.1, 0.15) is 53.4 Å². The third-order valence-corrected chi connectivity index (χ3v) is 10.8. The van der Waals surface area contributed by atoms with E-state index in [0.717, 1.165) is 85.5 Å². The fourth-order valence-corrected chi connectivity index (χ4v) is 6.97. The number of aromatic nitrogens is 4. The zero-order valence-electron chi connectivity index (χ0n) is 31.2. The minimum absolute atomic E-state index is 0.0326. The van der Waals surface area contributed by atoms with Crippen molar-refractivity contribution in [2.24, 2.45) is 0 Å². The van der Waals surface area contributed by atoms with Gasteiger partial charge in [0.1, 0.15) is 23.4 Å². The lowest BCUT2D eigenvalue weighted by atomic mass is 10.1. The summed E-state index contributed by atoms with van der Waals surface area (Å²) in [4.78, 5) is 31.0. The van der Waals surface area contributed by atoms with Crippen LogP contribution in [0.15, 0.2) is 30.6 Å². The lowest BCUT2D eigenvalue weighted by Gasteiger charge is -2.42. The van der Waals surface area contributed by atoms with Crippen LogP contribution in [0.4, 0.5) is 10.6 Å². The van der Waals surface area contributed by atoms with Gasteiger partial charge in [0.2, 0.25) is 0 Å². The quantitative estimate of drug-likeness (QED) is 0.183. The zero-order chi connectivity index (χ0) is 35.3. The Labute approximate surface area is 293 Å². The van der Waals surface area contributed by atoms with E-state index in [1.807, 2.05) is 45.6 Å². The molecule has 12 nitrogen and oxygen atoms in total. The molecule has 49 heavy (non-hydrogen) atoms. The van der Waals surface area contributed by atoms with Crippen molar-refractivity contribution < 1.29 is 19.0 Å². The van der Waals surface area contributed by atoms with E-state index in [1.54, 1.807) is 6.33 Å². The van der Waals surface area contributed by atoms with Gasteiger partial charge >= 0.3 is 6.09 Å². The molecular weight excluding hydrogens is 637 g/mol. The summed E-state index contributed by atoms with van der Waals surface area (Å²) in [6, 6.07) is 9.74. The van der Waals surface area contributed by atoms with E-state index in [9.17, 15) is 4.79 Å². The smallest absolute Gasteiger partial charge is 0.410 e. The maximum Gasteiger partial charge on any atom is 0.410 e. The SMILES string of the molecule is CC(C)OC(OCC[Si](C)(C)C)c1ccc2[nH]nc(-c3cc(N4CCN(CCN5CCN(C(=O)OC(C)(C)C)CC5)[C@@H](C)C4)ncn3)c2c1. The van der Waals surface area contributed by atoms with Gasteiger partial charge in [0, 0.05) is 96.6 Å². The van der Waals surface area contributed by atoms with E-state index >= 15 is 0 Å². The second-order valence-electron chi connectivity index (χ2n) is 16.0. The summed E-state index contributed by atoms with van der Waals surface area (Å²) >= 11 is 0. The number of amides is 1. The van der Waals surface area contributed by atoms with Crippen LogP contribution in [-0.2, 0) is 14.2 Å². The average Bonchev–Trinajstić information content (AvgIpc) is 3.46. The summed E-state index contributed by atoms with van der Waals surface area (Å²) < 4.78 is 18.1. The number of H-pyrrole nitrogens is 1. The maximum atomic E-state index is 12.4. The lowest BCUT2D eigenvalue weighted by Crippen LogP contribution is -2.55. The van der Waals surface area contributed by atoms with Gasteiger partial charge in [-0.25, -0.2) is 14.8 Å². The number of aromatic amines is 1. The molecule has 2 fully saturated rings. The van der Waals surface area contributed by atoms with Crippen LogP contribution < -0.4 is 4.90 Å². The highest BCUT2D eigenvalue weighted by Crippen LogP contribution is 2.31. The number of carbonyl (C=O) groups excluding carboxylic acids is 1. The molecule has 0 saturated carbocycles. The molecule has 0 bridgehead atoms. The van der Waals surface area contributed by atoms with E-state index < -0.39 is 20.0 Å². The highest BCUT2D eigenvalue weighted by molar-refractivity contribution is 6.76. The van der Waals surface area contributed by atoms with E-state index in [0.29, 0.717) is 25.7 Å². The van der Waals surface area contributed by atoms with Crippen molar-refractivity contribution in [1.82, 2.24) is 34.9 Å². The fraction of sp³-hybridized carbons (Fsp3) is 0.667. The molecule has 1 N–H and O–H groups in total. The molecule has 2 aliphatic heterocycles. The van der Waals surface area contributed by atoms with Crippen LogP contribution in [0.2, 0.25) is 25.7 Å². The minimum Gasteiger partial charge on any atom is -0.444 e. The Kier molecular flexibility index (Phi) is 12.0. The second-order valence-corrected chi connectivity index (χ2v) is 21.6. The topological polar surface area (TPSA) is 112 Å². The van der Waals surface area contributed by atoms with Crippen LogP contribution in [0.25, 0.3) is 22.3 Å². The maximum absolute atomic E-state index is 12.4. The molecular formula is C36H58N8O4Si. The molecule has 1 unspecified atom stereocenters. The first kappa shape index (κ1) is 37.2. The summed E-state index contributed by atoms with van der Waals surface area (Å²) in [7, 11) is -1.23. The summed E-state index contributed by atoms with van der Waals surface area (Å²) in [5.74, 6) is 0.915. The van der Waals surface area contributed by atoms with Gasteiger partial charge < -0.3 is 24.0 Å². The molecule has 13 heteroatoms. The third kappa shape index (κ3) is 10.5. The van der Waals surface area contributed by atoms with Crippen LogP contribution in [0, 0.1) is 0 Å². The Balaban J connectivity index is 1.19. The minimum atomic E-state index is -1.23. The molecule has 2 aromatic heterocycles. The van der Waals surface area contributed by atoms with Gasteiger partial charge in [0.05, 0.1) is 17.3 Å². The van der Waals surface area contributed by atoms with Gasteiger partial charge in [-0.15, -0.1) is 0 Å². The largest absolute Gasteiger partial charge is 0.444 e. The van der Waals surface area contributed by atoms with Gasteiger partial charge in [-0.3, -0.25) is 14.9 Å². The number of ether oxygens (including phenoxy) is 3. The summed E-state index contributed by atoms with van der Waals surface area (Å²) in [5.41, 5.74) is 3.03. The Morgan fingerprint density at radius 2 is 1.78 bits per heavy atom. The lowest BCUT2D eigenvalue weighted by molar-refractivity contribution is -0.164. The number of hydrogen-bond donors (Lipinski definition) is 1. The first-order valence-electron chi connectivity index (χ1n) is 17.9. The summed E-state index contributed by atoms with van der Waals surface area (Å²) in [5, 5.41) is 8.86. The van der Waals surface area contributed by atoms with Gasteiger partial charge in [0.15, 0.2) is 6.29 Å². The predicted octanol–water partition coefficient (Wildman–Crippen LogP) is 5.86. The number of rotatable bonds is 12. The van der Waals surface area contributed by atoms with Crippen molar-refractivity contribution in [3.05, 3.63) is 36.2 Å². The molecule has 1 amide bonds. The highest BCUT2D eigenvalue weighted by atomic mass is 28.3. The van der Waals surface area contributed by atoms with Gasteiger partial charge in [0.25, 0.3) is 0 Å². The van der Waals surface area contributed by atoms with Crippen molar-refractivity contribution in [2.45, 2.75) is 91.3 Å². The molecule has 0 aliphatic carbocycles. The van der Waals surface area contributed by atoms with Crippen LogP contribution in [0.5, 0.6) is 0 Å². The number of anilines is 1. The number of nitrogens with one attached hydrogen (secondary N) is 1. The standard InChI is InChI=1S/C36H58N8O4Si/c1-26(2)47-34(46-20-21-49(7,8)9)28-10-11-30-29(22-28)33(40-39-30)31-23-32(38-25-37-31)44-19-18-42(27(3)24-44)15-12-41-13-16-43(17-14-41)35(45)48-36(4,5)6/h10-11,22-23,25-27,34H,12-21,24H2,1-9H3,(H,39,40)/t27-,34?/m0/s1. The molecule has 0 spiro atoms. The molecule has 2 aliphatic rings. The monoisotopic (exact) mass is 694 g/mol. The Morgan fingerprint density at radius 1 is 1.02 bits per heavy atom. The van der Waals surface area contributed by atoms with Crippen LogP contribution >= 0.6 is 0 Å². The number of piperazine rings is 2. The van der Waals surface area contributed by atoms with Gasteiger partial charge in [-0.1, -0.05) is 25.7 Å². The number of hydrogen-bond acceptors (Lipinski definition) is 10. The van der Waals surface area contributed by atoms with Gasteiger partial charge in [-0.2, -0.15) is 5.10 Å². The van der Waals surface area contributed by atoms with Crippen LogP contribution in [0.3, 0.4) is 0 Å². The molecule has 2 saturated heterocycles. The Hall–Kier alpha value is -3.10. The summed E-state index contributed by atoms with van der Waals surface area (Å²) in [6.07, 6.45) is 1.03. The number of benzene rings is 1.